The van der Waals surface area contributed by atoms with E-state index in [2.05, 4.69) is 15.2 Å². The van der Waals surface area contributed by atoms with E-state index < -0.39 is 10.0 Å². The van der Waals surface area contributed by atoms with Gasteiger partial charge in [-0.25, -0.2) is 8.42 Å². The van der Waals surface area contributed by atoms with E-state index >= 15 is 0 Å². The molecule has 0 fully saturated rings. The fourth-order valence-corrected chi connectivity index (χ4v) is 2.93. The Morgan fingerprint density at radius 3 is 2.63 bits per heavy atom. The molecule has 102 valence electrons. The fraction of sp³-hybridized carbons (Fsp3) is 0.333. The van der Waals surface area contributed by atoms with Gasteiger partial charge in [0.05, 0.1) is 18.4 Å². The van der Waals surface area contributed by atoms with Gasteiger partial charge in [-0.05, 0) is 31.5 Å². The highest BCUT2D eigenvalue weighted by molar-refractivity contribution is 7.89. The molecule has 0 aromatic carbocycles. The number of sulfonamides is 1. The molecule has 0 atom stereocenters. The predicted molar refractivity (Wildman–Crippen MR) is 71.0 cm³/mol. The van der Waals surface area contributed by atoms with E-state index in [0.29, 0.717) is 0 Å². The lowest BCUT2D eigenvalue weighted by Gasteiger charge is -2.16. The Hall–Kier alpha value is -1.73. The highest BCUT2D eigenvalue weighted by Gasteiger charge is 2.22. The van der Waals surface area contributed by atoms with Crippen LogP contribution >= 0.6 is 0 Å². The van der Waals surface area contributed by atoms with Gasteiger partial charge in [-0.1, -0.05) is 0 Å². The van der Waals surface area contributed by atoms with Crippen molar-refractivity contribution in [2.75, 3.05) is 7.05 Å². The van der Waals surface area contributed by atoms with Crippen molar-refractivity contribution in [2.45, 2.75) is 25.3 Å². The largest absolute Gasteiger partial charge is 0.284 e. The molecule has 0 amide bonds. The standard InChI is InChI=1S/C12H16N4O2S/c1-9-4-10(2)15-11(5-9)8-16(3)19(17,18)12-6-13-14-7-12/h4-7H,8H2,1-3H3,(H,13,14). The van der Waals surface area contributed by atoms with Crippen molar-refractivity contribution in [2.24, 2.45) is 0 Å². The average Bonchev–Trinajstić information content (AvgIpc) is 2.80. The molecule has 0 spiro atoms. The van der Waals surface area contributed by atoms with Crippen LogP contribution in [0.3, 0.4) is 0 Å². The molecule has 2 heterocycles. The minimum absolute atomic E-state index is 0.152. The zero-order valence-electron chi connectivity index (χ0n) is 11.1. The van der Waals surface area contributed by atoms with Crippen LogP contribution in [-0.4, -0.2) is 35.0 Å². The molecule has 2 aromatic heterocycles. The quantitative estimate of drug-likeness (QED) is 0.914. The maximum Gasteiger partial charge on any atom is 0.246 e. The van der Waals surface area contributed by atoms with Crippen LogP contribution < -0.4 is 0 Å². The van der Waals surface area contributed by atoms with Gasteiger partial charge in [0.1, 0.15) is 4.90 Å². The number of rotatable bonds is 4. The van der Waals surface area contributed by atoms with Gasteiger partial charge in [-0.3, -0.25) is 10.1 Å². The summed E-state index contributed by atoms with van der Waals surface area (Å²) in [5.74, 6) is 0. The number of aryl methyl sites for hydroxylation is 2. The lowest BCUT2D eigenvalue weighted by atomic mass is 10.2. The number of aromatic nitrogens is 3. The van der Waals surface area contributed by atoms with E-state index in [1.807, 2.05) is 26.0 Å². The Labute approximate surface area is 112 Å². The molecule has 0 radical (unpaired) electrons. The lowest BCUT2D eigenvalue weighted by Crippen LogP contribution is -2.26. The Balaban J connectivity index is 2.24. The first-order valence-electron chi connectivity index (χ1n) is 5.79. The molecule has 19 heavy (non-hydrogen) atoms. The van der Waals surface area contributed by atoms with Gasteiger partial charge < -0.3 is 0 Å². The molecule has 7 heteroatoms. The van der Waals surface area contributed by atoms with E-state index in [0.717, 1.165) is 17.0 Å². The van der Waals surface area contributed by atoms with Gasteiger partial charge in [-0.15, -0.1) is 0 Å². The van der Waals surface area contributed by atoms with Gasteiger partial charge >= 0.3 is 0 Å². The minimum Gasteiger partial charge on any atom is -0.284 e. The summed E-state index contributed by atoms with van der Waals surface area (Å²) >= 11 is 0. The van der Waals surface area contributed by atoms with Gasteiger partial charge in [0, 0.05) is 18.9 Å². The molecule has 0 aliphatic carbocycles. The van der Waals surface area contributed by atoms with E-state index in [1.54, 1.807) is 0 Å². The van der Waals surface area contributed by atoms with Crippen molar-refractivity contribution in [3.8, 4) is 0 Å². The van der Waals surface area contributed by atoms with Crippen LogP contribution in [-0.2, 0) is 16.6 Å². The topological polar surface area (TPSA) is 79.0 Å². The lowest BCUT2D eigenvalue weighted by molar-refractivity contribution is 0.461. The summed E-state index contributed by atoms with van der Waals surface area (Å²) < 4.78 is 25.7. The summed E-state index contributed by atoms with van der Waals surface area (Å²) in [5.41, 5.74) is 2.67. The maximum atomic E-state index is 12.2. The van der Waals surface area contributed by atoms with Crippen LogP contribution in [0.4, 0.5) is 0 Å². The highest BCUT2D eigenvalue weighted by atomic mass is 32.2. The molecule has 0 bridgehead atoms. The molecule has 1 N–H and O–H groups in total. The number of nitrogens with one attached hydrogen (secondary N) is 1. The summed E-state index contributed by atoms with van der Waals surface area (Å²) in [7, 11) is -1.99. The number of H-pyrrole nitrogens is 1. The summed E-state index contributed by atoms with van der Waals surface area (Å²) in [6, 6.07) is 3.84. The molecule has 0 aliphatic rings. The molecular formula is C12H16N4O2S. The highest BCUT2D eigenvalue weighted by Crippen LogP contribution is 2.15. The third-order valence-corrected chi connectivity index (χ3v) is 4.49. The van der Waals surface area contributed by atoms with Crippen molar-refractivity contribution in [3.05, 3.63) is 41.5 Å². The number of aromatic amines is 1. The summed E-state index contributed by atoms with van der Waals surface area (Å²) in [6.45, 7) is 4.08. The van der Waals surface area contributed by atoms with Crippen molar-refractivity contribution < 1.29 is 8.42 Å². The van der Waals surface area contributed by atoms with E-state index in [4.69, 9.17) is 0 Å². The average molecular weight is 280 g/mol. The molecule has 0 unspecified atom stereocenters. The number of hydrogen-bond donors (Lipinski definition) is 1. The Kier molecular flexibility index (Phi) is 3.68. The smallest absolute Gasteiger partial charge is 0.246 e. The Morgan fingerprint density at radius 2 is 2.05 bits per heavy atom. The second kappa shape index (κ2) is 5.10. The van der Waals surface area contributed by atoms with Crippen molar-refractivity contribution in [1.82, 2.24) is 19.5 Å². The van der Waals surface area contributed by atoms with Gasteiger partial charge in [0.2, 0.25) is 10.0 Å². The van der Waals surface area contributed by atoms with Crippen LogP contribution in [0.2, 0.25) is 0 Å². The first-order valence-corrected chi connectivity index (χ1v) is 7.23. The van der Waals surface area contributed by atoms with Crippen LogP contribution in [0.5, 0.6) is 0 Å². The molecule has 6 nitrogen and oxygen atoms in total. The fourth-order valence-electron chi connectivity index (χ4n) is 1.88. The van der Waals surface area contributed by atoms with Gasteiger partial charge in [0.25, 0.3) is 0 Å². The van der Waals surface area contributed by atoms with Crippen molar-refractivity contribution in [1.29, 1.82) is 0 Å². The number of pyridine rings is 1. The Bertz CT molecular complexity index is 645. The van der Waals surface area contributed by atoms with E-state index in [9.17, 15) is 8.42 Å². The second-order valence-corrected chi connectivity index (χ2v) is 6.52. The van der Waals surface area contributed by atoms with Crippen molar-refractivity contribution >= 4 is 10.0 Å². The minimum atomic E-state index is -3.52. The number of nitrogens with zero attached hydrogens (tertiary/aromatic N) is 3. The molecule has 2 aromatic rings. The van der Waals surface area contributed by atoms with E-state index in [1.165, 1.54) is 23.7 Å². The number of hydrogen-bond acceptors (Lipinski definition) is 4. The SMILES string of the molecule is Cc1cc(C)nc(CN(C)S(=O)(=O)c2cn[nH]c2)c1. The first-order chi connectivity index (χ1) is 8.89. The summed E-state index contributed by atoms with van der Waals surface area (Å²) in [6.07, 6.45) is 2.65. The molecule has 0 saturated carbocycles. The summed E-state index contributed by atoms with van der Waals surface area (Å²) in [5, 5.41) is 6.16. The van der Waals surface area contributed by atoms with Crippen LogP contribution in [0.25, 0.3) is 0 Å². The Morgan fingerprint density at radius 1 is 1.32 bits per heavy atom. The molecule has 2 rings (SSSR count). The first kappa shape index (κ1) is 13.7. The van der Waals surface area contributed by atoms with Crippen LogP contribution in [0, 0.1) is 13.8 Å². The second-order valence-electron chi connectivity index (χ2n) is 4.47. The zero-order chi connectivity index (χ0) is 14.0. The zero-order valence-corrected chi connectivity index (χ0v) is 11.9. The van der Waals surface area contributed by atoms with Gasteiger partial charge in [0.15, 0.2) is 0 Å². The predicted octanol–water partition coefficient (Wildman–Crippen LogP) is 1.24. The van der Waals surface area contributed by atoms with Gasteiger partial charge in [-0.2, -0.15) is 9.40 Å². The third kappa shape index (κ3) is 2.99. The van der Waals surface area contributed by atoms with Crippen LogP contribution in [0.1, 0.15) is 17.0 Å². The molecular weight excluding hydrogens is 264 g/mol. The van der Waals surface area contributed by atoms with Crippen molar-refractivity contribution in [3.63, 3.8) is 0 Å². The molecule has 0 saturated heterocycles. The van der Waals surface area contributed by atoms with Crippen LogP contribution in [0.15, 0.2) is 29.4 Å². The summed E-state index contributed by atoms with van der Waals surface area (Å²) in [4.78, 5) is 4.49. The third-order valence-electron chi connectivity index (χ3n) is 2.72. The monoisotopic (exact) mass is 280 g/mol. The normalized spacial score (nSPS) is 12.0. The maximum absolute atomic E-state index is 12.2. The van der Waals surface area contributed by atoms with E-state index in [-0.39, 0.29) is 11.4 Å². The molecule has 0 aliphatic heterocycles.